The average molecular weight is 326 g/mol. The van der Waals surface area contributed by atoms with Crippen LogP contribution in [0.15, 0.2) is 78.9 Å². The molecule has 0 aliphatic carbocycles. The molecule has 0 heterocycles. The molecule has 120 valence electrons. The van der Waals surface area contributed by atoms with Gasteiger partial charge in [-0.3, -0.25) is 4.79 Å². The largest absolute Gasteiger partial charge is 0.454 e. The predicted molar refractivity (Wildman–Crippen MR) is 87.7 cm³/mol. The van der Waals surface area contributed by atoms with Gasteiger partial charge < -0.3 is 0 Å². The highest BCUT2D eigenvalue weighted by Gasteiger charge is 2.40. The first kappa shape index (κ1) is 16.0. The Bertz CT molecular complexity index is 853. The molecule has 0 unspecified atom stereocenters. The minimum absolute atomic E-state index is 0.277. The molecule has 0 amide bonds. The molecule has 0 fully saturated rings. The Morgan fingerprint density at radius 1 is 0.667 bits per heavy atom. The Morgan fingerprint density at radius 3 is 1.75 bits per heavy atom. The van der Waals surface area contributed by atoms with Gasteiger partial charge in [-0.15, -0.1) is 0 Å². The number of Topliss-reactive ketones (excluding diaryl/α,β-unsaturated/α-hetero) is 1. The van der Waals surface area contributed by atoms with E-state index in [2.05, 4.69) is 0 Å². The van der Waals surface area contributed by atoms with Gasteiger partial charge in [0.05, 0.1) is 0 Å². The monoisotopic (exact) mass is 326 g/mol. The molecule has 0 saturated carbocycles. The Balaban J connectivity index is 2.19. The van der Waals surface area contributed by atoms with Crippen LogP contribution in [-0.2, 0) is 0 Å². The van der Waals surface area contributed by atoms with Crippen LogP contribution in [0.3, 0.4) is 0 Å². The highest BCUT2D eigenvalue weighted by atomic mass is 19.4. The zero-order chi connectivity index (χ0) is 17.2. The lowest BCUT2D eigenvalue weighted by molar-refractivity contribution is -0.0884. The van der Waals surface area contributed by atoms with Gasteiger partial charge in [-0.25, -0.2) is 0 Å². The summed E-state index contributed by atoms with van der Waals surface area (Å²) in [6.07, 6.45) is -4.90. The van der Waals surface area contributed by atoms with Crippen molar-refractivity contribution in [2.75, 3.05) is 0 Å². The van der Waals surface area contributed by atoms with Crippen molar-refractivity contribution in [3.05, 3.63) is 84.4 Å². The number of ketones is 1. The maximum atomic E-state index is 12.9. The Hall–Kier alpha value is -2.88. The smallest absolute Gasteiger partial charge is 0.284 e. The van der Waals surface area contributed by atoms with E-state index in [1.807, 2.05) is 30.3 Å². The third-order valence-corrected chi connectivity index (χ3v) is 3.71. The standard InChI is InChI=1S/C20H13F3O/c21-20(22,23)19(24)17-12-11-16(14-7-3-1-4-8-14)13-18(17)15-9-5-2-6-10-15/h1-13H. The fourth-order valence-electron chi connectivity index (χ4n) is 2.56. The van der Waals surface area contributed by atoms with Gasteiger partial charge in [0.25, 0.3) is 5.78 Å². The number of halogens is 3. The summed E-state index contributed by atoms with van der Waals surface area (Å²) in [4.78, 5) is 11.8. The van der Waals surface area contributed by atoms with Crippen molar-refractivity contribution >= 4 is 5.78 Å². The van der Waals surface area contributed by atoms with E-state index in [9.17, 15) is 18.0 Å². The third-order valence-electron chi connectivity index (χ3n) is 3.71. The van der Waals surface area contributed by atoms with E-state index >= 15 is 0 Å². The molecule has 3 aromatic carbocycles. The summed E-state index contributed by atoms with van der Waals surface area (Å²) in [6.45, 7) is 0. The van der Waals surface area contributed by atoms with Crippen LogP contribution in [0.25, 0.3) is 22.3 Å². The summed E-state index contributed by atoms with van der Waals surface area (Å²) in [5, 5.41) is 0. The SMILES string of the molecule is O=C(c1ccc(-c2ccccc2)cc1-c1ccccc1)C(F)(F)F. The van der Waals surface area contributed by atoms with Crippen molar-refractivity contribution < 1.29 is 18.0 Å². The number of carbonyl (C=O) groups excluding carboxylic acids is 1. The normalized spacial score (nSPS) is 11.3. The number of hydrogen-bond donors (Lipinski definition) is 0. The van der Waals surface area contributed by atoms with Crippen molar-refractivity contribution in [1.82, 2.24) is 0 Å². The fraction of sp³-hybridized carbons (Fsp3) is 0.0500. The maximum Gasteiger partial charge on any atom is 0.454 e. The Morgan fingerprint density at radius 2 is 1.21 bits per heavy atom. The minimum Gasteiger partial charge on any atom is -0.284 e. The zero-order valence-corrected chi connectivity index (χ0v) is 12.5. The number of alkyl halides is 3. The van der Waals surface area contributed by atoms with Gasteiger partial charge in [-0.2, -0.15) is 13.2 Å². The van der Waals surface area contributed by atoms with Crippen molar-refractivity contribution in [3.8, 4) is 22.3 Å². The number of benzene rings is 3. The van der Waals surface area contributed by atoms with Crippen molar-refractivity contribution in [1.29, 1.82) is 0 Å². The molecule has 24 heavy (non-hydrogen) atoms. The topological polar surface area (TPSA) is 17.1 Å². The molecule has 0 radical (unpaired) electrons. The summed E-state index contributed by atoms with van der Waals surface area (Å²) in [5.74, 6) is -1.83. The van der Waals surface area contributed by atoms with Crippen molar-refractivity contribution in [3.63, 3.8) is 0 Å². The maximum absolute atomic E-state index is 12.9. The van der Waals surface area contributed by atoms with Crippen LogP contribution >= 0.6 is 0 Å². The predicted octanol–water partition coefficient (Wildman–Crippen LogP) is 5.77. The van der Waals surface area contributed by atoms with Crippen molar-refractivity contribution in [2.24, 2.45) is 0 Å². The quantitative estimate of drug-likeness (QED) is 0.559. The van der Waals surface area contributed by atoms with E-state index in [0.717, 1.165) is 11.1 Å². The second-order valence-electron chi connectivity index (χ2n) is 5.32. The van der Waals surface area contributed by atoms with E-state index in [4.69, 9.17) is 0 Å². The van der Waals surface area contributed by atoms with Crippen LogP contribution in [0.5, 0.6) is 0 Å². The van der Waals surface area contributed by atoms with E-state index in [0.29, 0.717) is 5.56 Å². The summed E-state index contributed by atoms with van der Waals surface area (Å²) in [6, 6.07) is 22.3. The van der Waals surface area contributed by atoms with Gasteiger partial charge in [0.2, 0.25) is 0 Å². The zero-order valence-electron chi connectivity index (χ0n) is 12.5. The highest BCUT2D eigenvalue weighted by molar-refractivity contribution is 6.06. The third kappa shape index (κ3) is 3.23. The van der Waals surface area contributed by atoms with Crippen molar-refractivity contribution in [2.45, 2.75) is 6.18 Å². The molecule has 1 nitrogen and oxygen atoms in total. The van der Waals surface area contributed by atoms with Crippen LogP contribution in [0, 0.1) is 0 Å². The van der Waals surface area contributed by atoms with E-state index in [1.54, 1.807) is 42.5 Å². The lowest BCUT2D eigenvalue weighted by Gasteiger charge is -2.13. The van der Waals surface area contributed by atoms with Crippen LogP contribution in [0.2, 0.25) is 0 Å². The van der Waals surface area contributed by atoms with E-state index in [-0.39, 0.29) is 11.1 Å². The molecule has 0 spiro atoms. The highest BCUT2D eigenvalue weighted by Crippen LogP contribution is 2.33. The molecule has 0 bridgehead atoms. The molecule has 0 aliphatic heterocycles. The summed E-state index contributed by atoms with van der Waals surface area (Å²) < 4.78 is 38.7. The van der Waals surface area contributed by atoms with Gasteiger partial charge in [0.15, 0.2) is 0 Å². The Kier molecular flexibility index (Phi) is 4.21. The molecule has 0 aliphatic rings. The molecule has 0 saturated heterocycles. The number of rotatable bonds is 3. The molecular weight excluding hydrogens is 313 g/mol. The Labute approximate surface area is 137 Å². The first-order valence-corrected chi connectivity index (χ1v) is 7.33. The van der Waals surface area contributed by atoms with Gasteiger partial charge >= 0.3 is 6.18 Å². The first-order chi connectivity index (χ1) is 11.5. The minimum atomic E-state index is -4.90. The average Bonchev–Trinajstić information content (AvgIpc) is 2.61. The van der Waals surface area contributed by atoms with E-state index in [1.165, 1.54) is 6.07 Å². The molecule has 4 heteroatoms. The molecule has 3 rings (SSSR count). The summed E-state index contributed by atoms with van der Waals surface area (Å²) >= 11 is 0. The van der Waals surface area contributed by atoms with Gasteiger partial charge in [-0.1, -0.05) is 66.7 Å². The van der Waals surface area contributed by atoms with E-state index < -0.39 is 12.0 Å². The molecule has 0 atom stereocenters. The molecule has 0 N–H and O–H groups in total. The van der Waals surface area contributed by atoms with Gasteiger partial charge in [0.1, 0.15) is 0 Å². The van der Waals surface area contributed by atoms with Crippen LogP contribution in [0.1, 0.15) is 10.4 Å². The lowest BCUT2D eigenvalue weighted by Crippen LogP contribution is -2.23. The second kappa shape index (κ2) is 6.32. The summed E-state index contributed by atoms with van der Waals surface area (Å²) in [7, 11) is 0. The molecular formula is C20H13F3O. The van der Waals surface area contributed by atoms with Gasteiger partial charge in [-0.05, 0) is 34.4 Å². The molecule has 0 aromatic heterocycles. The summed E-state index contributed by atoms with van der Waals surface area (Å²) in [5.41, 5.74) is 2.14. The van der Waals surface area contributed by atoms with Crippen LogP contribution in [0.4, 0.5) is 13.2 Å². The van der Waals surface area contributed by atoms with Crippen LogP contribution in [-0.4, -0.2) is 12.0 Å². The fourth-order valence-corrected chi connectivity index (χ4v) is 2.56. The van der Waals surface area contributed by atoms with Crippen LogP contribution < -0.4 is 0 Å². The van der Waals surface area contributed by atoms with Gasteiger partial charge in [0, 0.05) is 5.56 Å². The first-order valence-electron chi connectivity index (χ1n) is 7.33. The molecule has 3 aromatic rings. The number of carbonyl (C=O) groups is 1. The lowest BCUT2D eigenvalue weighted by atomic mass is 9.92. The number of hydrogen-bond acceptors (Lipinski definition) is 1. The second-order valence-corrected chi connectivity index (χ2v) is 5.32.